The predicted octanol–water partition coefficient (Wildman–Crippen LogP) is 3.34. The molecule has 3 nitrogen and oxygen atoms in total. The second kappa shape index (κ2) is 5.74. The van der Waals surface area contributed by atoms with Crippen molar-refractivity contribution in [3.05, 3.63) is 28.8 Å². The lowest BCUT2D eigenvalue weighted by atomic mass is 10.0. The van der Waals surface area contributed by atoms with Gasteiger partial charge in [-0.05, 0) is 31.5 Å². The van der Waals surface area contributed by atoms with E-state index in [9.17, 15) is 9.90 Å². The number of phenolic OH excluding ortho intramolecular Hbond substituents is 1. The van der Waals surface area contributed by atoms with Crippen LogP contribution in [-0.4, -0.2) is 21.9 Å². The molecule has 0 radical (unpaired) electrons. The average molecular weight is 321 g/mol. The Morgan fingerprint density at radius 1 is 1.59 bits per heavy atom. The third kappa shape index (κ3) is 3.61. The van der Waals surface area contributed by atoms with Gasteiger partial charge in [-0.3, -0.25) is 4.79 Å². The van der Waals surface area contributed by atoms with Crippen LogP contribution in [0.4, 0.5) is 0 Å². The second-order valence-electron chi connectivity index (χ2n) is 4.16. The number of carbonyl (C=O) groups is 1. The first-order chi connectivity index (χ1) is 7.91. The second-order valence-corrected chi connectivity index (χ2v) is 5.16. The van der Waals surface area contributed by atoms with Gasteiger partial charge < -0.3 is 10.4 Å². The Balaban J connectivity index is 2.94. The molecule has 1 unspecified atom stereocenters. The Morgan fingerprint density at radius 3 is 2.76 bits per heavy atom. The number of rotatable bonds is 4. The maximum Gasteiger partial charge on any atom is 0.255 e. The van der Waals surface area contributed by atoms with Crippen LogP contribution in [0.5, 0.6) is 5.75 Å². The van der Waals surface area contributed by atoms with E-state index in [4.69, 9.17) is 11.6 Å². The Morgan fingerprint density at radius 2 is 2.24 bits per heavy atom. The molecule has 1 aromatic carbocycles. The molecule has 0 saturated carbocycles. The summed E-state index contributed by atoms with van der Waals surface area (Å²) in [5, 5.41) is 13.6. The minimum Gasteiger partial charge on any atom is -0.507 e. The fraction of sp³-hybridized carbons (Fsp3) is 0.417. The van der Waals surface area contributed by atoms with Crippen LogP contribution in [0.3, 0.4) is 0 Å². The predicted molar refractivity (Wildman–Crippen MR) is 73.1 cm³/mol. The van der Waals surface area contributed by atoms with Crippen molar-refractivity contribution in [3.8, 4) is 5.75 Å². The van der Waals surface area contributed by atoms with E-state index in [1.807, 2.05) is 13.8 Å². The lowest BCUT2D eigenvalue weighted by Crippen LogP contribution is -2.46. The summed E-state index contributed by atoms with van der Waals surface area (Å²) in [4.78, 5) is 12.0. The standard InChI is InChI=1S/C12H15BrClNO2/c1-3-12(2,7-13)15-11(17)9-6-8(14)4-5-10(9)16/h4-6,16H,3,7H2,1-2H3,(H,15,17). The van der Waals surface area contributed by atoms with Crippen LogP contribution in [0.15, 0.2) is 18.2 Å². The van der Waals surface area contributed by atoms with Gasteiger partial charge in [0.25, 0.3) is 5.91 Å². The lowest BCUT2D eigenvalue weighted by molar-refractivity contribution is 0.0910. The topological polar surface area (TPSA) is 49.3 Å². The van der Waals surface area contributed by atoms with Gasteiger partial charge in [-0.25, -0.2) is 0 Å². The molecule has 94 valence electrons. The van der Waals surface area contributed by atoms with Crippen molar-refractivity contribution in [1.82, 2.24) is 5.32 Å². The highest BCUT2D eigenvalue weighted by Crippen LogP contribution is 2.22. The normalized spacial score (nSPS) is 14.1. The maximum absolute atomic E-state index is 12.0. The van der Waals surface area contributed by atoms with Crippen molar-refractivity contribution < 1.29 is 9.90 Å². The minimum atomic E-state index is -0.341. The fourth-order valence-corrected chi connectivity index (χ4v) is 1.96. The van der Waals surface area contributed by atoms with Gasteiger partial charge in [0.1, 0.15) is 5.75 Å². The van der Waals surface area contributed by atoms with E-state index in [0.29, 0.717) is 10.4 Å². The van der Waals surface area contributed by atoms with Crippen LogP contribution in [0.1, 0.15) is 30.6 Å². The van der Waals surface area contributed by atoms with Crippen molar-refractivity contribution in [2.45, 2.75) is 25.8 Å². The zero-order chi connectivity index (χ0) is 13.1. The van der Waals surface area contributed by atoms with E-state index < -0.39 is 0 Å². The largest absolute Gasteiger partial charge is 0.507 e. The van der Waals surface area contributed by atoms with E-state index in [-0.39, 0.29) is 22.8 Å². The monoisotopic (exact) mass is 319 g/mol. The molecule has 1 aromatic rings. The number of carbonyl (C=O) groups excluding carboxylic acids is 1. The molecule has 0 spiro atoms. The van der Waals surface area contributed by atoms with Crippen molar-refractivity contribution >= 4 is 33.4 Å². The highest BCUT2D eigenvalue weighted by molar-refractivity contribution is 9.09. The first-order valence-electron chi connectivity index (χ1n) is 5.29. The zero-order valence-electron chi connectivity index (χ0n) is 9.76. The summed E-state index contributed by atoms with van der Waals surface area (Å²) in [5.41, 5.74) is -0.149. The van der Waals surface area contributed by atoms with Gasteiger partial charge in [0.2, 0.25) is 0 Å². The van der Waals surface area contributed by atoms with Crippen LogP contribution < -0.4 is 5.32 Å². The van der Waals surface area contributed by atoms with Crippen molar-refractivity contribution in [1.29, 1.82) is 0 Å². The van der Waals surface area contributed by atoms with Crippen LogP contribution in [-0.2, 0) is 0 Å². The molecule has 1 amide bonds. The Labute approximate surface area is 114 Å². The number of alkyl halides is 1. The molecule has 0 aromatic heterocycles. The highest BCUT2D eigenvalue weighted by Gasteiger charge is 2.24. The minimum absolute atomic E-state index is 0.0695. The van der Waals surface area contributed by atoms with E-state index in [0.717, 1.165) is 6.42 Å². The van der Waals surface area contributed by atoms with E-state index in [1.54, 1.807) is 0 Å². The first kappa shape index (κ1) is 14.3. The van der Waals surface area contributed by atoms with Gasteiger partial charge in [0, 0.05) is 15.9 Å². The van der Waals surface area contributed by atoms with E-state index in [1.165, 1.54) is 18.2 Å². The molecule has 0 saturated heterocycles. The number of phenols is 1. The molecule has 0 aliphatic rings. The molecule has 1 atom stereocenters. The van der Waals surface area contributed by atoms with Crippen molar-refractivity contribution in [2.75, 3.05) is 5.33 Å². The molecule has 0 aliphatic carbocycles. The van der Waals surface area contributed by atoms with Crippen molar-refractivity contribution in [2.24, 2.45) is 0 Å². The SMILES string of the molecule is CCC(C)(CBr)NC(=O)c1cc(Cl)ccc1O. The van der Waals surface area contributed by atoms with Crippen LogP contribution in [0.2, 0.25) is 5.02 Å². The maximum atomic E-state index is 12.0. The number of hydrogen-bond donors (Lipinski definition) is 2. The summed E-state index contributed by atoms with van der Waals surface area (Å²) in [5.74, 6) is -0.395. The van der Waals surface area contributed by atoms with Gasteiger partial charge in [0.15, 0.2) is 0 Å². The van der Waals surface area contributed by atoms with E-state index in [2.05, 4.69) is 21.2 Å². The fourth-order valence-electron chi connectivity index (χ4n) is 1.25. The van der Waals surface area contributed by atoms with Crippen LogP contribution >= 0.6 is 27.5 Å². The van der Waals surface area contributed by atoms with Gasteiger partial charge in [-0.2, -0.15) is 0 Å². The summed E-state index contributed by atoms with van der Waals surface area (Å²) in [7, 11) is 0. The molecule has 1 rings (SSSR count). The van der Waals surface area contributed by atoms with Gasteiger partial charge in [-0.15, -0.1) is 0 Å². The zero-order valence-corrected chi connectivity index (χ0v) is 12.1. The summed E-state index contributed by atoms with van der Waals surface area (Å²) in [6.07, 6.45) is 0.783. The van der Waals surface area contributed by atoms with Crippen molar-refractivity contribution in [3.63, 3.8) is 0 Å². The number of aromatic hydroxyl groups is 1. The lowest BCUT2D eigenvalue weighted by Gasteiger charge is -2.27. The molecule has 2 N–H and O–H groups in total. The van der Waals surface area contributed by atoms with E-state index >= 15 is 0 Å². The van der Waals surface area contributed by atoms with Gasteiger partial charge in [-0.1, -0.05) is 34.5 Å². The number of benzene rings is 1. The smallest absolute Gasteiger partial charge is 0.255 e. The Hall–Kier alpha value is -0.740. The molecule has 0 aliphatic heterocycles. The molecular formula is C12H15BrClNO2. The molecular weight excluding hydrogens is 305 g/mol. The molecule has 0 heterocycles. The summed E-state index contributed by atoms with van der Waals surface area (Å²) in [6, 6.07) is 4.41. The first-order valence-corrected chi connectivity index (χ1v) is 6.79. The molecule has 5 heteroatoms. The average Bonchev–Trinajstić information content (AvgIpc) is 2.32. The third-order valence-corrected chi connectivity index (χ3v) is 4.17. The Kier molecular flexibility index (Phi) is 4.83. The highest BCUT2D eigenvalue weighted by atomic mass is 79.9. The van der Waals surface area contributed by atoms with Crippen LogP contribution in [0, 0.1) is 0 Å². The van der Waals surface area contributed by atoms with Gasteiger partial charge >= 0.3 is 0 Å². The number of nitrogens with one attached hydrogen (secondary N) is 1. The third-order valence-electron chi connectivity index (χ3n) is 2.69. The summed E-state index contributed by atoms with van der Waals surface area (Å²) < 4.78 is 0. The summed E-state index contributed by atoms with van der Waals surface area (Å²) in [6.45, 7) is 3.92. The van der Waals surface area contributed by atoms with Crippen LogP contribution in [0.25, 0.3) is 0 Å². The number of hydrogen-bond acceptors (Lipinski definition) is 2. The molecule has 0 fully saturated rings. The van der Waals surface area contributed by atoms with Gasteiger partial charge in [0.05, 0.1) is 5.56 Å². The quantitative estimate of drug-likeness (QED) is 0.836. The number of halogens is 2. The summed E-state index contributed by atoms with van der Waals surface area (Å²) >= 11 is 9.16. The molecule has 17 heavy (non-hydrogen) atoms. The Bertz CT molecular complexity index is 419. The number of amides is 1. The molecule has 0 bridgehead atoms.